The summed E-state index contributed by atoms with van der Waals surface area (Å²) in [7, 11) is 0. The Bertz CT molecular complexity index is 589. The van der Waals surface area contributed by atoms with Crippen LogP contribution in [0.2, 0.25) is 0 Å². The van der Waals surface area contributed by atoms with Gasteiger partial charge in [-0.1, -0.05) is 63.8 Å². The summed E-state index contributed by atoms with van der Waals surface area (Å²) in [4.78, 5) is 0. The SMILES string of the molecule is CCCCCOc1c(C)c(C)c(OCCCCC)c2ccccc12. The van der Waals surface area contributed by atoms with Crippen molar-refractivity contribution in [3.05, 3.63) is 35.4 Å². The summed E-state index contributed by atoms with van der Waals surface area (Å²) in [5, 5.41) is 2.34. The maximum Gasteiger partial charge on any atom is 0.130 e. The molecular formula is C22H32O2. The lowest BCUT2D eigenvalue weighted by Gasteiger charge is -2.19. The molecule has 0 atom stereocenters. The van der Waals surface area contributed by atoms with Gasteiger partial charge in [0.25, 0.3) is 0 Å². The van der Waals surface area contributed by atoms with Crippen molar-refractivity contribution in [3.8, 4) is 11.5 Å². The van der Waals surface area contributed by atoms with Crippen LogP contribution in [0.1, 0.15) is 63.5 Å². The molecule has 0 saturated heterocycles. The smallest absolute Gasteiger partial charge is 0.130 e. The minimum absolute atomic E-state index is 0.787. The zero-order chi connectivity index (χ0) is 17.4. The van der Waals surface area contributed by atoms with Gasteiger partial charge in [-0.25, -0.2) is 0 Å². The van der Waals surface area contributed by atoms with E-state index >= 15 is 0 Å². The summed E-state index contributed by atoms with van der Waals surface area (Å²) >= 11 is 0. The number of fused-ring (bicyclic) bond motifs is 1. The molecule has 0 N–H and O–H groups in total. The van der Waals surface area contributed by atoms with E-state index < -0.39 is 0 Å². The van der Waals surface area contributed by atoms with Crippen LogP contribution in [-0.2, 0) is 0 Å². The Morgan fingerprint density at radius 1 is 0.667 bits per heavy atom. The molecule has 0 bridgehead atoms. The Kier molecular flexibility index (Phi) is 7.42. The zero-order valence-corrected chi connectivity index (χ0v) is 15.8. The first-order valence-electron chi connectivity index (χ1n) is 9.48. The van der Waals surface area contributed by atoms with Crippen molar-refractivity contribution in [2.75, 3.05) is 13.2 Å². The Morgan fingerprint density at radius 2 is 1.08 bits per heavy atom. The second kappa shape index (κ2) is 9.56. The molecule has 132 valence electrons. The van der Waals surface area contributed by atoms with Crippen LogP contribution in [0.4, 0.5) is 0 Å². The highest BCUT2D eigenvalue weighted by molar-refractivity contribution is 5.95. The van der Waals surface area contributed by atoms with Crippen LogP contribution in [0.25, 0.3) is 10.8 Å². The van der Waals surface area contributed by atoms with Gasteiger partial charge in [0.15, 0.2) is 0 Å². The first-order valence-corrected chi connectivity index (χ1v) is 9.48. The number of ether oxygens (including phenoxy) is 2. The van der Waals surface area contributed by atoms with Gasteiger partial charge in [0, 0.05) is 10.8 Å². The summed E-state index contributed by atoms with van der Waals surface area (Å²) in [5.41, 5.74) is 2.41. The minimum Gasteiger partial charge on any atom is -0.493 e. The second-order valence-corrected chi connectivity index (χ2v) is 6.56. The molecule has 0 saturated carbocycles. The molecular weight excluding hydrogens is 296 g/mol. The number of benzene rings is 2. The van der Waals surface area contributed by atoms with Crippen LogP contribution in [0.5, 0.6) is 11.5 Å². The summed E-state index contributed by atoms with van der Waals surface area (Å²) in [6.45, 7) is 10.3. The monoisotopic (exact) mass is 328 g/mol. The fourth-order valence-corrected chi connectivity index (χ4v) is 3.05. The largest absolute Gasteiger partial charge is 0.493 e. The molecule has 0 fully saturated rings. The molecule has 2 rings (SSSR count). The third-order valence-electron chi connectivity index (χ3n) is 4.65. The Hall–Kier alpha value is -1.70. The first-order chi connectivity index (χ1) is 11.7. The Balaban J connectivity index is 2.30. The fraction of sp³-hybridized carbons (Fsp3) is 0.545. The van der Waals surface area contributed by atoms with Crippen LogP contribution >= 0.6 is 0 Å². The van der Waals surface area contributed by atoms with Gasteiger partial charge < -0.3 is 9.47 Å². The molecule has 0 aliphatic heterocycles. The van der Waals surface area contributed by atoms with E-state index in [0.29, 0.717) is 0 Å². The van der Waals surface area contributed by atoms with Gasteiger partial charge in [0.2, 0.25) is 0 Å². The minimum atomic E-state index is 0.787. The molecule has 0 amide bonds. The van der Waals surface area contributed by atoms with Crippen molar-refractivity contribution < 1.29 is 9.47 Å². The molecule has 0 aliphatic rings. The molecule has 24 heavy (non-hydrogen) atoms. The fourth-order valence-electron chi connectivity index (χ4n) is 3.05. The lowest BCUT2D eigenvalue weighted by atomic mass is 9.99. The van der Waals surface area contributed by atoms with Gasteiger partial charge in [-0.15, -0.1) is 0 Å². The van der Waals surface area contributed by atoms with Crippen molar-refractivity contribution in [2.45, 2.75) is 66.2 Å². The average Bonchev–Trinajstić information content (AvgIpc) is 2.60. The number of unbranched alkanes of at least 4 members (excludes halogenated alkanes) is 4. The van der Waals surface area contributed by atoms with Gasteiger partial charge in [-0.3, -0.25) is 0 Å². The van der Waals surface area contributed by atoms with Crippen molar-refractivity contribution in [1.82, 2.24) is 0 Å². The molecule has 2 aromatic rings. The van der Waals surface area contributed by atoms with Crippen LogP contribution in [0.3, 0.4) is 0 Å². The molecule has 2 aromatic carbocycles. The van der Waals surface area contributed by atoms with Gasteiger partial charge >= 0.3 is 0 Å². The molecule has 0 spiro atoms. The Morgan fingerprint density at radius 3 is 1.46 bits per heavy atom. The van der Waals surface area contributed by atoms with E-state index in [2.05, 4.69) is 52.0 Å². The number of hydrogen-bond acceptors (Lipinski definition) is 2. The topological polar surface area (TPSA) is 18.5 Å². The lowest BCUT2D eigenvalue weighted by molar-refractivity contribution is 0.300. The van der Waals surface area contributed by atoms with Crippen molar-refractivity contribution in [1.29, 1.82) is 0 Å². The molecule has 0 radical (unpaired) electrons. The molecule has 2 heteroatoms. The van der Waals surface area contributed by atoms with Crippen molar-refractivity contribution in [2.24, 2.45) is 0 Å². The van der Waals surface area contributed by atoms with Gasteiger partial charge in [-0.2, -0.15) is 0 Å². The van der Waals surface area contributed by atoms with E-state index in [-0.39, 0.29) is 0 Å². The van der Waals surface area contributed by atoms with E-state index in [1.807, 2.05) is 0 Å². The maximum atomic E-state index is 6.18. The quantitative estimate of drug-likeness (QED) is 0.458. The summed E-state index contributed by atoms with van der Waals surface area (Å²) < 4.78 is 12.4. The van der Waals surface area contributed by atoms with Crippen LogP contribution in [-0.4, -0.2) is 13.2 Å². The van der Waals surface area contributed by atoms with Crippen LogP contribution in [0, 0.1) is 13.8 Å². The predicted octanol–water partition coefficient (Wildman–Crippen LogP) is 6.59. The van der Waals surface area contributed by atoms with Crippen LogP contribution < -0.4 is 9.47 Å². The van der Waals surface area contributed by atoms with Gasteiger partial charge in [0.05, 0.1) is 13.2 Å². The average molecular weight is 328 g/mol. The first kappa shape index (κ1) is 18.6. The number of rotatable bonds is 10. The van der Waals surface area contributed by atoms with Crippen LogP contribution in [0.15, 0.2) is 24.3 Å². The molecule has 2 nitrogen and oxygen atoms in total. The van der Waals surface area contributed by atoms with E-state index in [4.69, 9.17) is 9.47 Å². The Labute approximate surface area is 147 Å². The van der Waals surface area contributed by atoms with Gasteiger partial charge in [-0.05, 0) is 37.8 Å². The summed E-state index contributed by atoms with van der Waals surface area (Å²) in [5.74, 6) is 2.06. The predicted molar refractivity (Wildman–Crippen MR) is 103 cm³/mol. The summed E-state index contributed by atoms with van der Waals surface area (Å²) in [6.07, 6.45) is 7.08. The van der Waals surface area contributed by atoms with Crippen molar-refractivity contribution in [3.63, 3.8) is 0 Å². The third-order valence-corrected chi connectivity index (χ3v) is 4.65. The standard InChI is InChI=1S/C22H32O2/c1-5-7-11-15-23-21-17(3)18(4)22(24-16-12-8-6-2)20-14-10-9-13-19(20)21/h9-10,13-14H,5-8,11-12,15-16H2,1-4H3. The second-order valence-electron chi connectivity index (χ2n) is 6.56. The normalized spacial score (nSPS) is 11.0. The molecule has 0 unspecified atom stereocenters. The van der Waals surface area contributed by atoms with E-state index in [1.165, 1.54) is 47.6 Å². The van der Waals surface area contributed by atoms with E-state index in [1.54, 1.807) is 0 Å². The third kappa shape index (κ3) is 4.43. The maximum absolute atomic E-state index is 6.18. The molecule has 0 aliphatic carbocycles. The molecule has 0 aromatic heterocycles. The summed E-state index contributed by atoms with van der Waals surface area (Å²) in [6, 6.07) is 8.46. The highest BCUT2D eigenvalue weighted by Crippen LogP contribution is 2.40. The van der Waals surface area contributed by atoms with E-state index in [9.17, 15) is 0 Å². The highest BCUT2D eigenvalue weighted by Gasteiger charge is 2.16. The highest BCUT2D eigenvalue weighted by atomic mass is 16.5. The number of hydrogen-bond donors (Lipinski definition) is 0. The van der Waals surface area contributed by atoms with Gasteiger partial charge in [0.1, 0.15) is 11.5 Å². The van der Waals surface area contributed by atoms with Crippen molar-refractivity contribution >= 4 is 10.8 Å². The van der Waals surface area contributed by atoms with E-state index in [0.717, 1.165) is 37.6 Å². The zero-order valence-electron chi connectivity index (χ0n) is 15.8. The molecule has 0 heterocycles. The lowest BCUT2D eigenvalue weighted by Crippen LogP contribution is -2.04.